The summed E-state index contributed by atoms with van der Waals surface area (Å²) < 4.78 is 134. The van der Waals surface area contributed by atoms with Crippen LogP contribution in [0.15, 0.2) is 310 Å². The molecular formula is C111H80F5N3O22S6. The molecule has 9 aromatic carbocycles. The van der Waals surface area contributed by atoms with Crippen molar-refractivity contribution in [2.24, 2.45) is 0 Å². The highest BCUT2D eigenvalue weighted by molar-refractivity contribution is 8.19. The summed E-state index contributed by atoms with van der Waals surface area (Å²) in [6.07, 6.45) is 2.95. The van der Waals surface area contributed by atoms with Crippen molar-refractivity contribution in [1.82, 2.24) is 9.97 Å². The molecule has 3 aliphatic heterocycles. The van der Waals surface area contributed by atoms with Crippen molar-refractivity contribution >= 4 is 180 Å². The highest BCUT2D eigenvalue weighted by atomic mass is 32.2. The number of carbonyl (C=O) groups excluding carboxylic acids is 6. The van der Waals surface area contributed by atoms with E-state index in [-0.39, 0.29) is 176 Å². The van der Waals surface area contributed by atoms with Crippen LogP contribution in [-0.4, -0.2) is 95.5 Å². The first-order valence-corrected chi connectivity index (χ1v) is 50.1. The van der Waals surface area contributed by atoms with Gasteiger partial charge in [-0.25, -0.2) is 22.0 Å². The lowest BCUT2D eigenvalue weighted by Gasteiger charge is -2.13. The van der Waals surface area contributed by atoms with Crippen LogP contribution in [-0.2, 0) is 28.8 Å². The fourth-order valence-electron chi connectivity index (χ4n) is 15.6. The molecule has 36 heteroatoms. The smallest absolute Gasteiger partial charge is 0.305 e. The van der Waals surface area contributed by atoms with E-state index in [0.29, 0.717) is 72.1 Å². The number of fused-ring (bicyclic) bond motifs is 4. The Morgan fingerprint density at radius 3 is 1.12 bits per heavy atom. The molecule has 2 N–H and O–H groups in total. The van der Waals surface area contributed by atoms with Crippen LogP contribution in [0.3, 0.4) is 0 Å². The third-order valence-corrected chi connectivity index (χ3v) is 28.9. The number of hydrogen-bond acceptors (Lipinski definition) is 30. The second-order valence-corrected chi connectivity index (χ2v) is 38.8. The number of H-pyrrole nitrogens is 1. The molecule has 0 bridgehead atoms. The Bertz CT molecular complexity index is 8560. The van der Waals surface area contributed by atoms with Crippen molar-refractivity contribution in [3.63, 3.8) is 0 Å². The molecule has 3 aliphatic rings. The van der Waals surface area contributed by atoms with Gasteiger partial charge in [0.2, 0.25) is 60.1 Å². The third-order valence-electron chi connectivity index (χ3n) is 22.8. The molecule has 3 fully saturated rings. The van der Waals surface area contributed by atoms with Crippen molar-refractivity contribution in [2.45, 2.75) is 47.0 Å². The van der Waals surface area contributed by atoms with E-state index in [2.05, 4.69) is 21.9 Å². The van der Waals surface area contributed by atoms with Gasteiger partial charge in [0.05, 0.1) is 75.2 Å². The summed E-state index contributed by atoms with van der Waals surface area (Å²) in [6, 6.07) is 60.3. The molecule has 0 saturated carbocycles. The Hall–Kier alpha value is -16.1. The Labute approximate surface area is 855 Å². The molecule has 742 valence electrons. The van der Waals surface area contributed by atoms with Gasteiger partial charge in [0, 0.05) is 35.8 Å². The topological polar surface area (TPSA) is 346 Å². The first kappa shape index (κ1) is 102. The lowest BCUT2D eigenvalue weighted by molar-refractivity contribution is -0.120. The number of pyridine rings is 1. The van der Waals surface area contributed by atoms with Crippen LogP contribution in [0.1, 0.15) is 69.2 Å². The number of aromatic nitrogens is 2. The summed E-state index contributed by atoms with van der Waals surface area (Å²) in [5.41, 5.74) is 7.40. The lowest BCUT2D eigenvalue weighted by Crippen LogP contribution is -2.21. The number of ether oxygens (including phenoxy) is 7. The fraction of sp³-hybridized carbons (Fsp3) is 0.135. The van der Waals surface area contributed by atoms with Crippen LogP contribution in [0.5, 0.6) is 40.2 Å². The summed E-state index contributed by atoms with van der Waals surface area (Å²) in [5, 5.41) is 7.46. The number of thioether (sulfide) groups is 3. The molecule has 8 aromatic heterocycles. The summed E-state index contributed by atoms with van der Waals surface area (Å²) in [7, 11) is 0. The van der Waals surface area contributed by atoms with E-state index in [4.69, 9.17) is 50.8 Å². The minimum atomic E-state index is -0.592. The first-order chi connectivity index (χ1) is 71.0. The number of aromatic amines is 1. The van der Waals surface area contributed by atoms with Gasteiger partial charge >= 0.3 is 4.87 Å². The molecule has 0 unspecified atom stereocenters. The van der Waals surface area contributed by atoms with Crippen LogP contribution in [0.25, 0.3) is 117 Å². The number of halogens is 5. The van der Waals surface area contributed by atoms with E-state index in [1.807, 2.05) is 116 Å². The first-order valence-electron chi connectivity index (χ1n) is 45.1. The van der Waals surface area contributed by atoms with Gasteiger partial charge in [-0.05, 0) is 288 Å². The van der Waals surface area contributed by atoms with Crippen molar-refractivity contribution in [2.75, 3.05) is 58.1 Å². The van der Waals surface area contributed by atoms with Crippen molar-refractivity contribution in [3.8, 4) is 84.2 Å². The zero-order valence-corrected chi connectivity index (χ0v) is 82.9. The highest BCUT2D eigenvalue weighted by Crippen LogP contribution is 2.43. The largest absolute Gasteiger partial charge is 0.490 e. The standard InChI is InChI=1S/C29H20F2O6S.C28H20FNO6S.2C27H20FNO5S2/c1-16(29-23(32)15-25(33)38-29)17-4-9-21(10-5-17)35-12-13-36-28-26(34)22-14-20(31)8-11-24(22)37-27(28)18-2-6-19(30)7-3-18;1-16(28-22(31)14-24(32)37-28)17-4-7-20(8-5-17)34-11-12-35-27-25(33)21-13-19(29)6-9-23(21)36-26(27)18-3-2-10-30-15-18;1-15(26-16(2)29-27(31)36-26)17-5-3-6-19(13-17)32-10-11-33-25-23(30)20-14-18(28)8-9-21(20)34-24(25)22-7-4-12-35-22;1-15(27-20(30)14-23(31)36-27)16-4-7-18(8-5-16)29-10-11-33-26-24(32)19-13-17(28)6-9-21(19)34-25(26)22-3-2-12-35-22/h2-11,14H,12-13,15H2,1H3;2-10,13,15H,11-12,14H2,1H3;3-9,12-14H,2,10-11H2,1H3,(H,29,31);2-9,12-13,29H,10-11,14H2,1H3/b29-16-;28-16-;26-15-;27-15-. The lowest BCUT2D eigenvalue weighted by atomic mass is 10.0. The molecule has 11 heterocycles. The molecule has 0 amide bonds. The molecule has 147 heavy (non-hydrogen) atoms. The third kappa shape index (κ3) is 24.3. The van der Waals surface area contributed by atoms with E-state index >= 15 is 0 Å². The van der Waals surface area contributed by atoms with Gasteiger partial charge in [0.1, 0.15) is 115 Å². The predicted octanol–water partition coefficient (Wildman–Crippen LogP) is 22.2. The van der Waals surface area contributed by atoms with E-state index < -0.39 is 50.8 Å². The number of rotatable bonds is 28. The van der Waals surface area contributed by atoms with Gasteiger partial charge in [-0.1, -0.05) is 78.6 Å². The number of nitrogens with zero attached hydrogens (tertiary/aromatic N) is 1. The van der Waals surface area contributed by atoms with Gasteiger partial charge < -0.3 is 61.1 Å². The Morgan fingerprint density at radius 1 is 0.367 bits per heavy atom. The van der Waals surface area contributed by atoms with Gasteiger partial charge in [-0.3, -0.25) is 57.7 Å². The molecule has 0 atom stereocenters. The van der Waals surface area contributed by atoms with E-state index in [0.717, 1.165) is 135 Å². The molecule has 0 aliphatic carbocycles. The summed E-state index contributed by atoms with van der Waals surface area (Å²) in [4.78, 5) is 144. The Morgan fingerprint density at radius 2 is 0.741 bits per heavy atom. The second-order valence-electron chi connectivity index (χ2n) is 32.7. The molecule has 17 aromatic rings. The molecule has 0 spiro atoms. The van der Waals surface area contributed by atoms with Gasteiger partial charge in [-0.2, -0.15) is 0 Å². The van der Waals surface area contributed by atoms with E-state index in [1.54, 1.807) is 67.8 Å². The molecular weight excluding hydrogens is 2010 g/mol. The number of Topliss-reactive ketones (excluding diaryl/α,β-unsaturated/α-hetero) is 3. The maximum Gasteiger partial charge on any atom is 0.305 e. The fourth-order valence-corrected chi connectivity index (χ4v) is 20.4. The minimum Gasteiger partial charge on any atom is -0.490 e. The monoisotopic (exact) mass is 2090 g/mol. The van der Waals surface area contributed by atoms with Crippen LogP contribution >= 0.6 is 69.3 Å². The number of benzene rings is 9. The Kier molecular flexibility index (Phi) is 32.2. The number of thiazole rings is 1. The van der Waals surface area contributed by atoms with Gasteiger partial charge in [0.25, 0.3) is 0 Å². The number of hydrogen-bond donors (Lipinski definition) is 2. The van der Waals surface area contributed by atoms with Crippen LogP contribution in [0, 0.1) is 29.1 Å². The van der Waals surface area contributed by atoms with E-state index in [1.165, 1.54) is 95.5 Å². The molecule has 20 rings (SSSR count). The summed E-state index contributed by atoms with van der Waals surface area (Å²) >= 11 is 6.89. The molecule has 3 saturated heterocycles. The average molecular weight is 2100 g/mol. The zero-order valence-electron chi connectivity index (χ0n) is 78.0. The van der Waals surface area contributed by atoms with Crippen molar-refractivity contribution in [1.29, 1.82) is 0 Å². The minimum absolute atomic E-state index is 0.0161. The number of anilines is 1. The normalized spacial score (nSPS) is 14.1. The number of carbonyl (C=O) groups is 6. The number of nitrogens with one attached hydrogen (secondary N) is 2. The van der Waals surface area contributed by atoms with Crippen LogP contribution in [0.4, 0.5) is 27.6 Å². The van der Waals surface area contributed by atoms with Gasteiger partial charge in [-0.15, -0.1) is 22.7 Å². The number of ketones is 3. The maximum atomic E-state index is 13.8. The molecule has 0 radical (unpaired) electrons. The van der Waals surface area contributed by atoms with Gasteiger partial charge in [0.15, 0.2) is 40.4 Å². The number of allylic oxidation sites excluding steroid dienone is 6. The molecule has 25 nitrogen and oxygen atoms in total. The summed E-state index contributed by atoms with van der Waals surface area (Å²) in [5.74, 6) is -0.628. The van der Waals surface area contributed by atoms with Crippen molar-refractivity contribution < 1.29 is 102 Å². The maximum absolute atomic E-state index is 13.8. The highest BCUT2D eigenvalue weighted by Gasteiger charge is 2.33. The SMILES string of the molecule is C/C(=C1/SC(=O)CC1=O)c1ccc(NCCOc2c(-c3cccs3)oc3ccc(F)cc3c2=O)cc1.C/C(=C1/SC(=O)CC1=O)c1ccc(OCCOc2c(-c3ccc(F)cc3)oc3ccc(F)cc3c2=O)cc1.C/C(=C1/SC(=O)CC1=O)c1ccc(OCCOc2c(-c3cccnc3)oc3ccc(F)cc3c2=O)cc1.C=c1[nH]c(=O)s/c1=C(/C)c1cccc(OCCOc2c(-c3cccs3)oc3ccc(F)cc3c2=O)c1. The Balaban J connectivity index is 0.000000134. The average Bonchev–Trinajstić information content (AvgIpc) is 1.29. The second kappa shape index (κ2) is 46.3. The van der Waals surface area contributed by atoms with Crippen LogP contribution in [0.2, 0.25) is 0 Å². The van der Waals surface area contributed by atoms with Crippen molar-refractivity contribution in [3.05, 3.63) is 380 Å². The zero-order chi connectivity index (χ0) is 103. The van der Waals surface area contributed by atoms with Crippen LogP contribution < -0.4 is 74.9 Å². The summed E-state index contributed by atoms with van der Waals surface area (Å²) in [6.45, 7) is 12.2. The predicted molar refractivity (Wildman–Crippen MR) is 560 cm³/mol. The number of thiophene rings is 2. The van der Waals surface area contributed by atoms with E-state index in [9.17, 15) is 74.7 Å². The quantitative estimate of drug-likeness (QED) is 0.0199.